The van der Waals surface area contributed by atoms with Gasteiger partial charge in [0.2, 0.25) is 0 Å². The van der Waals surface area contributed by atoms with Crippen LogP contribution >= 0.6 is 0 Å². The van der Waals surface area contributed by atoms with Gasteiger partial charge in [0, 0.05) is 23.4 Å². The van der Waals surface area contributed by atoms with Gasteiger partial charge >= 0.3 is 6.03 Å². The summed E-state index contributed by atoms with van der Waals surface area (Å²) in [5.74, 6) is 0.828. The second-order valence-electron chi connectivity index (χ2n) is 5.94. The van der Waals surface area contributed by atoms with E-state index in [2.05, 4.69) is 22.4 Å². The number of rotatable bonds is 3. The fourth-order valence-corrected chi connectivity index (χ4v) is 3.21. The van der Waals surface area contributed by atoms with Crippen LogP contribution in [0, 0.1) is 0 Å². The lowest BCUT2D eigenvalue weighted by atomic mass is 10.1. The maximum atomic E-state index is 12.5. The minimum atomic E-state index is -0.0717. The van der Waals surface area contributed by atoms with Crippen LogP contribution in [0.25, 0.3) is 10.9 Å². The molecule has 3 aromatic rings. The van der Waals surface area contributed by atoms with E-state index < -0.39 is 0 Å². The molecule has 2 heterocycles. The topological polar surface area (TPSA) is 57.4 Å². The van der Waals surface area contributed by atoms with Gasteiger partial charge in [-0.1, -0.05) is 18.2 Å². The molecule has 5 nitrogen and oxygen atoms in total. The molecule has 24 heavy (non-hydrogen) atoms. The van der Waals surface area contributed by atoms with E-state index in [1.807, 2.05) is 36.4 Å². The number of methoxy groups -OCH3 is 1. The molecule has 4 rings (SSSR count). The number of benzene rings is 2. The highest BCUT2D eigenvalue weighted by Crippen LogP contribution is 2.31. The van der Waals surface area contributed by atoms with Gasteiger partial charge < -0.3 is 15.0 Å². The summed E-state index contributed by atoms with van der Waals surface area (Å²) in [6, 6.07) is 15.9. The van der Waals surface area contributed by atoms with Crippen molar-refractivity contribution in [2.45, 2.75) is 13.0 Å². The van der Waals surface area contributed by atoms with E-state index in [1.165, 1.54) is 0 Å². The normalized spacial score (nSPS) is 13.1. The molecule has 2 amide bonds. The first-order valence-electron chi connectivity index (χ1n) is 8.03. The van der Waals surface area contributed by atoms with Crippen LogP contribution in [0.4, 0.5) is 10.5 Å². The number of nitrogens with zero attached hydrogens (tertiary/aromatic N) is 1. The number of hydrogen-bond acceptors (Lipinski definition) is 2. The van der Waals surface area contributed by atoms with Gasteiger partial charge in [-0.05, 0) is 47.7 Å². The van der Waals surface area contributed by atoms with Crippen LogP contribution < -0.4 is 15.0 Å². The van der Waals surface area contributed by atoms with Crippen molar-refractivity contribution in [3.63, 3.8) is 0 Å². The summed E-state index contributed by atoms with van der Waals surface area (Å²) in [6.45, 7) is 1.18. The lowest BCUT2D eigenvalue weighted by Crippen LogP contribution is -2.38. The molecule has 0 spiro atoms. The molecule has 5 heteroatoms. The fraction of sp³-hybridized carbons (Fsp3) is 0.211. The monoisotopic (exact) mass is 321 g/mol. The van der Waals surface area contributed by atoms with Gasteiger partial charge in [-0.2, -0.15) is 0 Å². The number of aromatic nitrogens is 1. The largest absolute Gasteiger partial charge is 0.497 e. The van der Waals surface area contributed by atoms with Crippen molar-refractivity contribution < 1.29 is 9.53 Å². The van der Waals surface area contributed by atoms with Crippen LogP contribution in [0.3, 0.4) is 0 Å². The fourth-order valence-electron chi connectivity index (χ4n) is 3.21. The number of aromatic amines is 1. The van der Waals surface area contributed by atoms with Gasteiger partial charge in [0.25, 0.3) is 0 Å². The summed E-state index contributed by atoms with van der Waals surface area (Å²) < 4.78 is 5.25. The van der Waals surface area contributed by atoms with Crippen molar-refractivity contribution >= 4 is 22.6 Å². The Labute approximate surface area is 140 Å². The standard InChI is InChI=1S/C19H19N3O2/c1-24-16-6-7-18-14(11-16)8-9-22(18)19(23)20-12-15-10-13-4-2-3-5-17(13)21-15/h2-7,10-11,21H,8-9,12H2,1H3,(H,20,23). The SMILES string of the molecule is COc1ccc2c(c1)CCN2C(=O)NCc1cc2ccccc2[nH]1. The molecule has 122 valence electrons. The van der Waals surface area contributed by atoms with Gasteiger partial charge in [0.15, 0.2) is 0 Å². The predicted octanol–water partition coefficient (Wildman–Crippen LogP) is 3.45. The van der Waals surface area contributed by atoms with Crippen LogP contribution in [0.15, 0.2) is 48.5 Å². The van der Waals surface area contributed by atoms with Gasteiger partial charge in [-0.3, -0.25) is 4.90 Å². The Morgan fingerprint density at radius 3 is 2.96 bits per heavy atom. The molecule has 0 aliphatic carbocycles. The Hall–Kier alpha value is -2.95. The summed E-state index contributed by atoms with van der Waals surface area (Å²) in [6.07, 6.45) is 0.854. The van der Waals surface area contributed by atoms with Gasteiger partial charge in [-0.15, -0.1) is 0 Å². The summed E-state index contributed by atoms with van der Waals surface area (Å²) in [7, 11) is 1.65. The molecule has 0 bridgehead atoms. The number of H-pyrrole nitrogens is 1. The number of nitrogens with one attached hydrogen (secondary N) is 2. The molecule has 0 atom stereocenters. The number of fused-ring (bicyclic) bond motifs is 2. The molecular formula is C19H19N3O2. The average Bonchev–Trinajstić information content (AvgIpc) is 3.22. The molecule has 0 saturated carbocycles. The number of anilines is 1. The van der Waals surface area contributed by atoms with Crippen LogP contribution in [0.5, 0.6) is 5.75 Å². The molecule has 0 radical (unpaired) electrons. The number of ether oxygens (including phenoxy) is 1. The first-order chi connectivity index (χ1) is 11.7. The molecule has 1 aromatic heterocycles. The Morgan fingerprint density at radius 1 is 1.25 bits per heavy atom. The average molecular weight is 321 g/mol. The van der Waals surface area contributed by atoms with Crippen LogP contribution in [-0.2, 0) is 13.0 Å². The maximum Gasteiger partial charge on any atom is 0.322 e. The van der Waals surface area contributed by atoms with E-state index in [9.17, 15) is 4.79 Å². The zero-order valence-electron chi connectivity index (χ0n) is 13.5. The highest BCUT2D eigenvalue weighted by atomic mass is 16.5. The molecule has 0 saturated heterocycles. The van der Waals surface area contributed by atoms with Crippen molar-refractivity contribution in [1.82, 2.24) is 10.3 Å². The first kappa shape index (κ1) is 14.6. The van der Waals surface area contributed by atoms with E-state index in [0.717, 1.165) is 40.0 Å². The molecular weight excluding hydrogens is 302 g/mol. The van der Waals surface area contributed by atoms with Crippen molar-refractivity contribution in [2.75, 3.05) is 18.6 Å². The van der Waals surface area contributed by atoms with Crippen molar-refractivity contribution in [3.05, 3.63) is 59.8 Å². The van der Waals surface area contributed by atoms with E-state index in [4.69, 9.17) is 4.74 Å². The van der Waals surface area contributed by atoms with E-state index in [-0.39, 0.29) is 6.03 Å². The predicted molar refractivity (Wildman–Crippen MR) is 94.6 cm³/mol. The Bertz CT molecular complexity index is 868. The second-order valence-corrected chi connectivity index (χ2v) is 5.94. The Morgan fingerprint density at radius 2 is 2.12 bits per heavy atom. The lowest BCUT2D eigenvalue weighted by molar-refractivity contribution is 0.246. The number of para-hydroxylation sites is 1. The number of hydrogen-bond donors (Lipinski definition) is 2. The van der Waals surface area contributed by atoms with E-state index >= 15 is 0 Å². The van der Waals surface area contributed by atoms with Crippen molar-refractivity contribution in [1.29, 1.82) is 0 Å². The summed E-state index contributed by atoms with van der Waals surface area (Å²) in [5.41, 5.74) is 4.19. The maximum absolute atomic E-state index is 12.5. The molecule has 1 aliphatic heterocycles. The first-order valence-corrected chi connectivity index (χ1v) is 8.03. The summed E-state index contributed by atoms with van der Waals surface area (Å²) in [4.78, 5) is 17.6. The molecule has 2 N–H and O–H groups in total. The third kappa shape index (κ3) is 2.58. The van der Waals surface area contributed by atoms with Gasteiger partial charge in [0.05, 0.1) is 13.7 Å². The zero-order chi connectivity index (χ0) is 16.5. The van der Waals surface area contributed by atoms with Crippen LogP contribution in [-0.4, -0.2) is 24.7 Å². The van der Waals surface area contributed by atoms with E-state index in [1.54, 1.807) is 12.0 Å². The molecule has 2 aromatic carbocycles. The highest BCUT2D eigenvalue weighted by molar-refractivity contribution is 5.94. The van der Waals surface area contributed by atoms with E-state index in [0.29, 0.717) is 13.1 Å². The second kappa shape index (κ2) is 5.92. The van der Waals surface area contributed by atoms with Gasteiger partial charge in [0.1, 0.15) is 5.75 Å². The number of urea groups is 1. The third-order valence-electron chi connectivity index (χ3n) is 4.44. The third-order valence-corrected chi connectivity index (χ3v) is 4.44. The molecule has 0 unspecified atom stereocenters. The van der Waals surface area contributed by atoms with Crippen LogP contribution in [0.1, 0.15) is 11.3 Å². The molecule has 0 fully saturated rings. The zero-order valence-corrected chi connectivity index (χ0v) is 13.5. The lowest BCUT2D eigenvalue weighted by Gasteiger charge is -2.18. The minimum absolute atomic E-state index is 0.0717. The van der Waals surface area contributed by atoms with Crippen molar-refractivity contribution in [2.24, 2.45) is 0 Å². The number of amides is 2. The Balaban J connectivity index is 1.46. The summed E-state index contributed by atoms with van der Waals surface area (Å²) in [5, 5.41) is 4.15. The summed E-state index contributed by atoms with van der Waals surface area (Å²) >= 11 is 0. The Kier molecular flexibility index (Phi) is 3.61. The minimum Gasteiger partial charge on any atom is -0.497 e. The quantitative estimate of drug-likeness (QED) is 0.776. The smallest absolute Gasteiger partial charge is 0.322 e. The molecule has 1 aliphatic rings. The number of carbonyl (C=O) groups excluding carboxylic acids is 1. The number of carbonyl (C=O) groups is 1. The van der Waals surface area contributed by atoms with Crippen LogP contribution in [0.2, 0.25) is 0 Å². The van der Waals surface area contributed by atoms with Gasteiger partial charge in [-0.25, -0.2) is 4.79 Å². The van der Waals surface area contributed by atoms with Crippen molar-refractivity contribution in [3.8, 4) is 5.75 Å². The highest BCUT2D eigenvalue weighted by Gasteiger charge is 2.24.